The summed E-state index contributed by atoms with van der Waals surface area (Å²) in [7, 11) is 0. The van der Waals surface area contributed by atoms with E-state index >= 15 is 0 Å². The van der Waals surface area contributed by atoms with E-state index in [9.17, 15) is 18.8 Å². The fraction of sp³-hybridized carbons (Fsp3) is 0.0526. The smallest absolute Gasteiger partial charge is 0.308 e. The summed E-state index contributed by atoms with van der Waals surface area (Å²) < 4.78 is 23.3. The van der Waals surface area contributed by atoms with Crippen LogP contribution in [0.3, 0.4) is 0 Å². The standard InChI is InChI=1S/C19H10FNO5/c1-9(22)25-13-4-2-3-12-14(13)18(24)15-16(21-26-19(15)17(12)23)10-5-7-11(20)8-6-10/h2-8H,1H3. The molecule has 4 rings (SSSR count). The van der Waals surface area contributed by atoms with E-state index in [1.807, 2.05) is 0 Å². The fourth-order valence-electron chi connectivity index (χ4n) is 2.90. The maximum atomic E-state index is 13.2. The maximum Gasteiger partial charge on any atom is 0.308 e. The molecule has 3 aromatic rings. The predicted molar refractivity (Wildman–Crippen MR) is 86.5 cm³/mol. The number of benzene rings is 2. The molecule has 1 aliphatic carbocycles. The summed E-state index contributed by atoms with van der Waals surface area (Å²) in [4.78, 5) is 37.1. The Morgan fingerprint density at radius 1 is 1.04 bits per heavy atom. The first kappa shape index (κ1) is 15.9. The van der Waals surface area contributed by atoms with Crippen molar-refractivity contribution < 1.29 is 28.0 Å². The molecule has 1 aromatic heterocycles. The Bertz CT molecular complexity index is 1080. The SMILES string of the molecule is CC(=O)Oc1cccc2c1C(=O)c1c(-c3ccc(F)cc3)noc1C2=O. The number of carbonyl (C=O) groups excluding carboxylic acids is 3. The first-order chi connectivity index (χ1) is 12.5. The highest BCUT2D eigenvalue weighted by molar-refractivity contribution is 6.30. The summed E-state index contributed by atoms with van der Waals surface area (Å²) in [5.41, 5.74) is 0.566. The minimum absolute atomic E-state index is 0.00902. The van der Waals surface area contributed by atoms with Crippen LogP contribution in [0.15, 0.2) is 47.0 Å². The summed E-state index contributed by atoms with van der Waals surface area (Å²) in [5, 5.41) is 3.83. The van der Waals surface area contributed by atoms with Gasteiger partial charge < -0.3 is 9.26 Å². The lowest BCUT2D eigenvalue weighted by atomic mass is 9.85. The Morgan fingerprint density at radius 2 is 1.77 bits per heavy atom. The van der Waals surface area contributed by atoms with E-state index in [4.69, 9.17) is 9.26 Å². The zero-order valence-electron chi connectivity index (χ0n) is 13.4. The molecule has 0 bridgehead atoms. The van der Waals surface area contributed by atoms with E-state index in [1.165, 1.54) is 49.4 Å². The largest absolute Gasteiger partial charge is 0.426 e. The maximum absolute atomic E-state index is 13.2. The van der Waals surface area contributed by atoms with Crippen LogP contribution in [0.4, 0.5) is 4.39 Å². The van der Waals surface area contributed by atoms with Gasteiger partial charge in [-0.2, -0.15) is 0 Å². The Hall–Kier alpha value is -3.61. The van der Waals surface area contributed by atoms with Crippen molar-refractivity contribution in [3.8, 4) is 17.0 Å². The minimum Gasteiger partial charge on any atom is -0.426 e. The molecule has 0 fully saturated rings. The van der Waals surface area contributed by atoms with Crippen molar-refractivity contribution in [2.75, 3.05) is 0 Å². The molecule has 0 atom stereocenters. The highest BCUT2D eigenvalue weighted by Gasteiger charge is 2.39. The molecule has 26 heavy (non-hydrogen) atoms. The molecule has 0 saturated carbocycles. The van der Waals surface area contributed by atoms with E-state index in [1.54, 1.807) is 0 Å². The van der Waals surface area contributed by atoms with Crippen molar-refractivity contribution >= 4 is 17.5 Å². The Labute approximate surface area is 146 Å². The lowest BCUT2D eigenvalue weighted by Gasteiger charge is -2.16. The minimum atomic E-state index is -0.617. The fourth-order valence-corrected chi connectivity index (χ4v) is 2.90. The third kappa shape index (κ3) is 2.33. The van der Waals surface area contributed by atoms with Crippen LogP contribution in [-0.2, 0) is 4.79 Å². The van der Waals surface area contributed by atoms with E-state index in [2.05, 4.69) is 5.16 Å². The van der Waals surface area contributed by atoms with Gasteiger partial charge in [-0.3, -0.25) is 14.4 Å². The highest BCUT2D eigenvalue weighted by atomic mass is 19.1. The number of rotatable bonds is 2. The van der Waals surface area contributed by atoms with Gasteiger partial charge in [-0.1, -0.05) is 11.2 Å². The summed E-state index contributed by atoms with van der Waals surface area (Å²) in [5.74, 6) is -2.35. The predicted octanol–water partition coefficient (Wildman–Crippen LogP) is 3.18. The van der Waals surface area contributed by atoms with E-state index < -0.39 is 23.4 Å². The molecule has 1 aliphatic rings. The average Bonchev–Trinajstić information content (AvgIpc) is 3.05. The van der Waals surface area contributed by atoms with Gasteiger partial charge >= 0.3 is 5.97 Å². The third-order valence-corrected chi connectivity index (χ3v) is 3.99. The number of nitrogens with zero attached hydrogens (tertiary/aromatic N) is 1. The summed E-state index contributed by atoms with van der Waals surface area (Å²) >= 11 is 0. The van der Waals surface area contributed by atoms with Gasteiger partial charge in [-0.25, -0.2) is 4.39 Å². The monoisotopic (exact) mass is 351 g/mol. The molecule has 128 valence electrons. The number of aromatic nitrogens is 1. The number of fused-ring (bicyclic) bond motifs is 2. The van der Waals surface area contributed by atoms with Gasteiger partial charge in [0, 0.05) is 18.1 Å². The summed E-state index contributed by atoms with van der Waals surface area (Å²) in [6.45, 7) is 1.20. The number of esters is 1. The first-order valence-electron chi connectivity index (χ1n) is 7.64. The summed E-state index contributed by atoms with van der Waals surface area (Å²) in [6, 6.07) is 9.67. The van der Waals surface area contributed by atoms with Crippen LogP contribution in [0.5, 0.6) is 5.75 Å². The van der Waals surface area contributed by atoms with Crippen LogP contribution < -0.4 is 4.74 Å². The van der Waals surface area contributed by atoms with Crippen molar-refractivity contribution in [2.24, 2.45) is 0 Å². The highest BCUT2D eigenvalue weighted by Crippen LogP contribution is 2.37. The molecule has 0 amide bonds. The van der Waals surface area contributed by atoms with Gasteiger partial charge in [-0.15, -0.1) is 0 Å². The second-order valence-corrected chi connectivity index (χ2v) is 5.67. The number of carbonyl (C=O) groups is 3. The van der Waals surface area contributed by atoms with Crippen LogP contribution in [-0.4, -0.2) is 22.7 Å². The van der Waals surface area contributed by atoms with Crippen molar-refractivity contribution in [3.63, 3.8) is 0 Å². The quantitative estimate of drug-likeness (QED) is 0.407. The van der Waals surface area contributed by atoms with Gasteiger partial charge in [0.05, 0.1) is 5.56 Å². The Balaban J connectivity index is 1.92. The summed E-state index contributed by atoms with van der Waals surface area (Å²) in [6.07, 6.45) is 0. The van der Waals surface area contributed by atoms with Gasteiger partial charge in [-0.05, 0) is 36.4 Å². The van der Waals surface area contributed by atoms with Crippen LogP contribution in [0.2, 0.25) is 0 Å². The second kappa shape index (κ2) is 5.73. The molecule has 6 nitrogen and oxygen atoms in total. The van der Waals surface area contributed by atoms with Gasteiger partial charge in [0.1, 0.15) is 22.8 Å². The zero-order chi connectivity index (χ0) is 18.4. The molecule has 0 radical (unpaired) electrons. The number of halogens is 1. The molecule has 0 saturated heterocycles. The average molecular weight is 351 g/mol. The number of ether oxygens (including phenoxy) is 1. The molecule has 2 aromatic carbocycles. The molecule has 0 N–H and O–H groups in total. The topological polar surface area (TPSA) is 86.5 Å². The Kier molecular flexibility index (Phi) is 3.50. The van der Waals surface area contributed by atoms with Crippen molar-refractivity contribution in [3.05, 3.63) is 70.7 Å². The van der Waals surface area contributed by atoms with E-state index in [0.29, 0.717) is 5.56 Å². The van der Waals surface area contributed by atoms with Crippen molar-refractivity contribution in [1.82, 2.24) is 5.16 Å². The van der Waals surface area contributed by atoms with E-state index in [0.717, 1.165) is 0 Å². The molecule has 1 heterocycles. The van der Waals surface area contributed by atoms with E-state index in [-0.39, 0.29) is 33.9 Å². The van der Waals surface area contributed by atoms with Gasteiger partial charge in [0.25, 0.3) is 0 Å². The van der Waals surface area contributed by atoms with Crippen LogP contribution in [0.25, 0.3) is 11.3 Å². The molecule has 7 heteroatoms. The van der Waals surface area contributed by atoms with Crippen molar-refractivity contribution in [2.45, 2.75) is 6.92 Å². The van der Waals surface area contributed by atoms with Crippen molar-refractivity contribution in [1.29, 1.82) is 0 Å². The van der Waals surface area contributed by atoms with Crippen LogP contribution >= 0.6 is 0 Å². The second-order valence-electron chi connectivity index (χ2n) is 5.67. The number of hydrogen-bond donors (Lipinski definition) is 0. The van der Waals surface area contributed by atoms with Crippen LogP contribution in [0.1, 0.15) is 39.0 Å². The lowest BCUT2D eigenvalue weighted by molar-refractivity contribution is -0.131. The number of hydrogen-bond acceptors (Lipinski definition) is 6. The third-order valence-electron chi connectivity index (χ3n) is 3.99. The molecule has 0 aliphatic heterocycles. The normalized spacial score (nSPS) is 12.5. The zero-order valence-corrected chi connectivity index (χ0v) is 13.4. The number of ketones is 2. The molecule has 0 unspecified atom stereocenters. The van der Waals surface area contributed by atoms with Gasteiger partial charge in [0.2, 0.25) is 17.3 Å². The molecular weight excluding hydrogens is 341 g/mol. The van der Waals surface area contributed by atoms with Gasteiger partial charge in [0.15, 0.2) is 0 Å². The Morgan fingerprint density at radius 3 is 2.46 bits per heavy atom. The molecule has 0 spiro atoms. The first-order valence-corrected chi connectivity index (χ1v) is 7.64. The lowest BCUT2D eigenvalue weighted by Crippen LogP contribution is -2.21. The van der Waals surface area contributed by atoms with Crippen LogP contribution in [0, 0.1) is 5.82 Å². The molecular formula is C19H10FNO5.